The molecule has 1 spiro atoms. The lowest BCUT2D eigenvalue weighted by Gasteiger charge is -2.37. The zero-order chi connectivity index (χ0) is 45.7. The van der Waals surface area contributed by atoms with Gasteiger partial charge in [0.15, 0.2) is 5.60 Å². The van der Waals surface area contributed by atoms with Gasteiger partial charge in [0.25, 0.3) is 17.7 Å². The minimum absolute atomic E-state index is 0.0214. The minimum atomic E-state index is -2.66. The summed E-state index contributed by atoms with van der Waals surface area (Å²) in [6, 6.07) is 48.5. The molecule has 0 saturated carbocycles. The molecular weight excluding hydrogens is 833 g/mol. The van der Waals surface area contributed by atoms with E-state index in [1.54, 1.807) is 59.4 Å². The number of hydrogen-bond donors (Lipinski definition) is 3. The topological polar surface area (TPSA) is 138 Å². The summed E-state index contributed by atoms with van der Waals surface area (Å²) in [6.07, 6.45) is -0.721. The minimum Gasteiger partial charge on any atom is -0.497 e. The van der Waals surface area contributed by atoms with Gasteiger partial charge in [0.05, 0.1) is 46.5 Å². The van der Waals surface area contributed by atoms with Gasteiger partial charge in [0, 0.05) is 47.1 Å². The largest absolute Gasteiger partial charge is 0.497 e. The molecular formula is C53H54N4O7Si. The van der Waals surface area contributed by atoms with E-state index in [1.807, 2.05) is 103 Å². The molecule has 2 heterocycles. The number of amides is 4. The summed E-state index contributed by atoms with van der Waals surface area (Å²) in [5.41, 5.74) is 3.21. The molecule has 6 aromatic carbocycles. The first-order valence-corrected chi connectivity index (χ1v) is 25.0. The van der Waals surface area contributed by atoms with Gasteiger partial charge in [-0.15, -0.1) is 0 Å². The molecule has 0 radical (unpaired) electrons. The molecule has 11 nitrogen and oxygen atoms in total. The van der Waals surface area contributed by atoms with Gasteiger partial charge >= 0.3 is 0 Å². The molecule has 8 rings (SSSR count). The van der Waals surface area contributed by atoms with E-state index in [0.717, 1.165) is 22.1 Å². The lowest BCUT2D eigenvalue weighted by Crippen LogP contribution is -2.52. The van der Waals surface area contributed by atoms with Crippen LogP contribution in [0.5, 0.6) is 5.75 Å². The Morgan fingerprint density at radius 2 is 1.34 bits per heavy atom. The van der Waals surface area contributed by atoms with Crippen molar-refractivity contribution in [3.8, 4) is 5.75 Å². The van der Waals surface area contributed by atoms with Crippen LogP contribution in [0.25, 0.3) is 0 Å². The van der Waals surface area contributed by atoms with Crippen LogP contribution in [0.15, 0.2) is 158 Å². The monoisotopic (exact) mass is 886 g/mol. The molecule has 332 valence electrons. The van der Waals surface area contributed by atoms with Crippen LogP contribution >= 0.6 is 0 Å². The number of nitrogens with one attached hydrogen (secondary N) is 2. The van der Waals surface area contributed by atoms with E-state index < -0.39 is 25.7 Å². The first kappa shape index (κ1) is 44.7. The third-order valence-electron chi connectivity index (χ3n) is 13.0. The maximum Gasteiger partial charge on any atom is 0.264 e. The highest BCUT2D eigenvalue weighted by molar-refractivity contribution is 6.91. The summed E-state index contributed by atoms with van der Waals surface area (Å²) in [4.78, 5) is 60.4. The predicted molar refractivity (Wildman–Crippen MR) is 256 cm³/mol. The van der Waals surface area contributed by atoms with Gasteiger partial charge in [0.2, 0.25) is 5.91 Å². The number of aliphatic hydroxyl groups is 1. The summed E-state index contributed by atoms with van der Waals surface area (Å²) < 4.78 is 12.9. The second kappa shape index (κ2) is 19.1. The molecule has 65 heavy (non-hydrogen) atoms. The molecule has 0 bridgehead atoms. The van der Waals surface area contributed by atoms with Crippen molar-refractivity contribution in [2.75, 3.05) is 35.8 Å². The third-order valence-corrected chi connectivity index (χ3v) is 17.4. The van der Waals surface area contributed by atoms with E-state index in [0.29, 0.717) is 40.3 Å². The number of benzene rings is 6. The Hall–Kier alpha value is -6.86. The zero-order valence-corrected chi connectivity index (χ0v) is 38.1. The quantitative estimate of drug-likeness (QED) is 0.0882. The van der Waals surface area contributed by atoms with Gasteiger partial charge in [-0.05, 0) is 83.4 Å². The Morgan fingerprint density at radius 1 is 0.754 bits per heavy atom. The number of hydrogen-bond acceptors (Lipinski definition) is 7. The van der Waals surface area contributed by atoms with Gasteiger partial charge < -0.3 is 35.0 Å². The average molecular weight is 887 g/mol. The van der Waals surface area contributed by atoms with Crippen LogP contribution in [0.3, 0.4) is 0 Å². The number of rotatable bonds is 15. The van der Waals surface area contributed by atoms with Crippen molar-refractivity contribution in [1.29, 1.82) is 0 Å². The van der Waals surface area contributed by atoms with E-state index in [-0.39, 0.29) is 55.3 Å². The number of methoxy groups -OCH3 is 1. The molecule has 6 aromatic rings. The Bertz CT molecular complexity index is 2660. The van der Waals surface area contributed by atoms with Gasteiger partial charge in [-0.3, -0.25) is 19.2 Å². The Morgan fingerprint density at radius 3 is 1.94 bits per heavy atom. The van der Waals surface area contributed by atoms with Crippen LogP contribution in [0.1, 0.15) is 50.8 Å². The maximum atomic E-state index is 15.7. The third kappa shape index (κ3) is 9.10. The highest BCUT2D eigenvalue weighted by Gasteiger charge is 2.66. The summed E-state index contributed by atoms with van der Waals surface area (Å²) in [6.45, 7) is 6.96. The lowest BCUT2D eigenvalue weighted by atomic mass is 9.82. The number of nitrogens with zero attached hydrogens (tertiary/aromatic N) is 2. The summed E-state index contributed by atoms with van der Waals surface area (Å²) >= 11 is 0. The summed E-state index contributed by atoms with van der Waals surface area (Å²) in [7, 11) is -1.03. The molecule has 3 N–H and O–H groups in total. The summed E-state index contributed by atoms with van der Waals surface area (Å²) in [5, 5.41) is 17.3. The fraction of sp³-hybridized carbons (Fsp3) is 0.245. The number of anilines is 3. The second-order valence-corrected chi connectivity index (χ2v) is 22.0. The number of carbonyl (C=O) groups is 4. The van der Waals surface area contributed by atoms with E-state index in [2.05, 4.69) is 42.8 Å². The molecule has 2 aliphatic rings. The molecule has 1 fully saturated rings. The van der Waals surface area contributed by atoms with E-state index in [4.69, 9.17) is 9.47 Å². The SMILES string of the molecule is COc1ccc([Si](C)(C)[C@H]2[C@H](CC(=O)N(CCO)Cc3ccccc3)O[C@@]3(C(=O)N(Cc4cccc(NC(=O)c5ccccc5)c4)c4ccc(NC(=O)c5ccccc5)cc43)[C@@H]2C)cc1. The molecule has 4 atom stereocenters. The fourth-order valence-electron chi connectivity index (χ4n) is 9.78. The van der Waals surface area contributed by atoms with Gasteiger partial charge in [0.1, 0.15) is 5.75 Å². The molecule has 0 aliphatic carbocycles. The van der Waals surface area contributed by atoms with E-state index in [9.17, 15) is 19.5 Å². The van der Waals surface area contributed by atoms with Crippen molar-refractivity contribution < 1.29 is 33.8 Å². The van der Waals surface area contributed by atoms with Crippen LogP contribution < -0.4 is 25.5 Å². The predicted octanol–water partition coefficient (Wildman–Crippen LogP) is 8.37. The van der Waals surface area contributed by atoms with Gasteiger partial charge in [-0.25, -0.2) is 0 Å². The van der Waals surface area contributed by atoms with Crippen LogP contribution in [0, 0.1) is 5.92 Å². The smallest absolute Gasteiger partial charge is 0.264 e. The Labute approximate surface area is 381 Å². The van der Waals surface area contributed by atoms with Crippen LogP contribution in [-0.4, -0.2) is 68.1 Å². The molecule has 1 saturated heterocycles. The van der Waals surface area contributed by atoms with Crippen LogP contribution in [-0.2, 0) is 33.0 Å². The molecule has 4 amide bonds. The highest BCUT2D eigenvalue weighted by Crippen LogP contribution is 2.60. The second-order valence-electron chi connectivity index (χ2n) is 17.3. The van der Waals surface area contributed by atoms with Crippen molar-refractivity contribution in [3.05, 3.63) is 186 Å². The average Bonchev–Trinajstić information content (AvgIpc) is 3.75. The van der Waals surface area contributed by atoms with Gasteiger partial charge in [-0.1, -0.05) is 116 Å². The zero-order valence-electron chi connectivity index (χ0n) is 37.1. The van der Waals surface area contributed by atoms with Crippen molar-refractivity contribution in [1.82, 2.24) is 4.90 Å². The van der Waals surface area contributed by atoms with Crippen molar-refractivity contribution in [2.45, 2.75) is 56.8 Å². The Balaban J connectivity index is 1.20. The standard InChI is InChI=1S/C53H54N4O7Si/c1-36-49(65(3,4)44-26-24-43(63-2)25-27-44)47(33-48(59)56(29-30-58)34-37-15-8-5-9-16-37)64-53(36)45-32-42(55-51(61)40-20-12-7-13-21-40)23-28-46(45)57(52(53)62)35-38-17-14-22-41(31-38)54-50(60)39-18-10-6-11-19-39/h5-28,31-32,36,47,49,58H,29-30,33-35H2,1-4H3,(H,54,60)(H,55,61)/t36-,47+,49-,53+/m1/s1. The fourth-order valence-corrected chi connectivity index (χ4v) is 13.8. The highest BCUT2D eigenvalue weighted by atomic mass is 28.3. The number of aliphatic hydroxyl groups excluding tert-OH is 1. The molecule has 0 aromatic heterocycles. The van der Waals surface area contributed by atoms with Crippen molar-refractivity contribution in [2.24, 2.45) is 5.92 Å². The first-order valence-electron chi connectivity index (χ1n) is 22.0. The van der Waals surface area contributed by atoms with Gasteiger partial charge in [-0.2, -0.15) is 0 Å². The summed E-state index contributed by atoms with van der Waals surface area (Å²) in [5.74, 6) is -0.741. The molecule has 2 aliphatic heterocycles. The van der Waals surface area contributed by atoms with Crippen LogP contribution in [0.2, 0.25) is 18.6 Å². The Kier molecular flexibility index (Phi) is 13.1. The number of carbonyl (C=O) groups excluding carboxylic acids is 4. The molecule has 12 heteroatoms. The van der Waals surface area contributed by atoms with Crippen molar-refractivity contribution >= 4 is 54.0 Å². The number of ether oxygens (including phenoxy) is 2. The maximum absolute atomic E-state index is 15.7. The lowest BCUT2D eigenvalue weighted by molar-refractivity contribution is -0.150. The van der Waals surface area contributed by atoms with E-state index in [1.165, 1.54) is 0 Å². The molecule has 0 unspecified atom stereocenters. The first-order chi connectivity index (χ1) is 31.4. The van der Waals surface area contributed by atoms with Crippen molar-refractivity contribution in [3.63, 3.8) is 0 Å². The normalized spacial score (nSPS) is 18.9. The number of fused-ring (bicyclic) bond motifs is 2. The van der Waals surface area contributed by atoms with Crippen LogP contribution in [0.4, 0.5) is 17.1 Å². The van der Waals surface area contributed by atoms with E-state index >= 15 is 4.79 Å².